The summed E-state index contributed by atoms with van der Waals surface area (Å²) in [6, 6.07) is 6.85. The number of fused-ring (bicyclic) bond motifs is 1. The number of hydrogen-bond donors (Lipinski definition) is 1. The Morgan fingerprint density at radius 2 is 1.88 bits per heavy atom. The predicted octanol–water partition coefficient (Wildman–Crippen LogP) is 4.76. The normalized spacial score (nSPS) is 18.7. The Kier molecular flexibility index (Phi) is 4.96. The van der Waals surface area contributed by atoms with E-state index in [4.69, 9.17) is 0 Å². The average Bonchev–Trinajstić information content (AvgIpc) is 3.51. The van der Waals surface area contributed by atoms with Crippen LogP contribution in [0.4, 0.5) is 17.6 Å². The van der Waals surface area contributed by atoms with Crippen molar-refractivity contribution in [2.45, 2.75) is 38.4 Å². The van der Waals surface area contributed by atoms with Crippen molar-refractivity contribution in [2.75, 3.05) is 6.54 Å². The number of aromatic nitrogens is 5. The van der Waals surface area contributed by atoms with Crippen LogP contribution in [0.1, 0.15) is 47.1 Å². The van der Waals surface area contributed by atoms with E-state index in [9.17, 15) is 22.4 Å². The maximum absolute atomic E-state index is 14.1. The molecule has 11 heteroatoms. The van der Waals surface area contributed by atoms with Gasteiger partial charge >= 0.3 is 6.18 Å². The van der Waals surface area contributed by atoms with Gasteiger partial charge in [0.1, 0.15) is 11.6 Å². The number of likely N-dealkylation sites (tertiary alicyclic amines) is 1. The van der Waals surface area contributed by atoms with Crippen LogP contribution in [0.5, 0.6) is 0 Å². The number of carbonyl (C=O) groups is 1. The molecule has 0 aliphatic carbocycles. The number of nitrogens with zero attached hydrogens (tertiary/aromatic N) is 5. The molecule has 0 radical (unpaired) electrons. The highest BCUT2D eigenvalue weighted by Gasteiger charge is 2.44. The van der Waals surface area contributed by atoms with Crippen molar-refractivity contribution in [3.63, 3.8) is 0 Å². The Morgan fingerprint density at radius 3 is 2.59 bits per heavy atom. The molecular weight excluding hydrogens is 452 g/mol. The highest BCUT2D eigenvalue weighted by atomic mass is 19.4. The van der Waals surface area contributed by atoms with Crippen LogP contribution >= 0.6 is 0 Å². The van der Waals surface area contributed by atoms with Crippen molar-refractivity contribution in [3.05, 3.63) is 71.1 Å². The van der Waals surface area contributed by atoms with Crippen molar-refractivity contribution in [1.29, 1.82) is 0 Å². The van der Waals surface area contributed by atoms with E-state index in [1.54, 1.807) is 24.0 Å². The van der Waals surface area contributed by atoms with E-state index in [2.05, 4.69) is 20.2 Å². The number of carbonyl (C=O) groups excluding carboxylic acids is 1. The van der Waals surface area contributed by atoms with Gasteiger partial charge in [0, 0.05) is 12.6 Å². The van der Waals surface area contributed by atoms with Gasteiger partial charge in [0.25, 0.3) is 5.91 Å². The number of nitrogens with one attached hydrogen (secondary N) is 1. The number of halogens is 4. The lowest BCUT2D eigenvalue weighted by Gasteiger charge is -2.34. The Bertz CT molecular complexity index is 1390. The van der Waals surface area contributed by atoms with E-state index in [1.807, 2.05) is 13.0 Å². The summed E-state index contributed by atoms with van der Waals surface area (Å²) in [7, 11) is 0. The lowest BCUT2D eigenvalue weighted by atomic mass is 9.96. The van der Waals surface area contributed by atoms with E-state index in [-0.39, 0.29) is 16.9 Å². The van der Waals surface area contributed by atoms with Crippen LogP contribution in [0.25, 0.3) is 16.7 Å². The maximum Gasteiger partial charge on any atom is 0.419 e. The third-order valence-corrected chi connectivity index (χ3v) is 6.29. The van der Waals surface area contributed by atoms with Gasteiger partial charge in [0.2, 0.25) is 0 Å². The molecule has 7 nitrogen and oxygen atoms in total. The fraction of sp³-hybridized carbons (Fsp3) is 0.304. The van der Waals surface area contributed by atoms with Gasteiger partial charge in [-0.3, -0.25) is 4.79 Å². The molecule has 34 heavy (non-hydrogen) atoms. The molecule has 1 saturated heterocycles. The third kappa shape index (κ3) is 3.51. The second-order valence-electron chi connectivity index (χ2n) is 8.61. The lowest BCUT2D eigenvalue weighted by molar-refractivity contribution is -0.139. The van der Waals surface area contributed by atoms with Gasteiger partial charge in [-0.15, -0.1) is 0 Å². The van der Waals surface area contributed by atoms with Gasteiger partial charge in [-0.1, -0.05) is 11.6 Å². The molecule has 1 fully saturated rings. The number of benzene rings is 2. The number of aryl methyl sites for hydroxylation is 1. The summed E-state index contributed by atoms with van der Waals surface area (Å²) in [6.07, 6.45) is -0.602. The fourth-order valence-corrected chi connectivity index (χ4v) is 4.52. The first-order valence-electron chi connectivity index (χ1n) is 10.6. The Balaban J connectivity index is 1.57. The summed E-state index contributed by atoms with van der Waals surface area (Å²) >= 11 is 0. The first-order valence-corrected chi connectivity index (χ1v) is 10.6. The molecule has 1 amide bonds. The molecule has 4 aromatic rings. The van der Waals surface area contributed by atoms with E-state index < -0.39 is 23.1 Å². The molecule has 1 aliphatic heterocycles. The SMILES string of the molecule is Cc1ccc(-n2nccn2)c(C(=O)N2CCCC2(C)c2nc3cc(F)c(C(F)(F)F)cc3[nH]2)c1. The minimum absolute atomic E-state index is 0.0567. The molecule has 0 spiro atoms. The predicted molar refractivity (Wildman–Crippen MR) is 115 cm³/mol. The van der Waals surface area contributed by atoms with E-state index in [0.29, 0.717) is 42.5 Å². The number of alkyl halides is 3. The second kappa shape index (κ2) is 7.64. The van der Waals surface area contributed by atoms with Gasteiger partial charge < -0.3 is 9.88 Å². The number of imidazole rings is 1. The van der Waals surface area contributed by atoms with Crippen LogP contribution in [0.3, 0.4) is 0 Å². The highest BCUT2D eigenvalue weighted by Crippen LogP contribution is 2.40. The zero-order valence-corrected chi connectivity index (χ0v) is 18.3. The summed E-state index contributed by atoms with van der Waals surface area (Å²) in [4.78, 5) is 24.1. The zero-order valence-electron chi connectivity index (χ0n) is 18.3. The van der Waals surface area contributed by atoms with Gasteiger partial charge in [-0.05, 0) is 44.9 Å². The summed E-state index contributed by atoms with van der Waals surface area (Å²) in [5, 5.41) is 8.27. The summed E-state index contributed by atoms with van der Waals surface area (Å²) in [5.74, 6) is -1.37. The topological polar surface area (TPSA) is 79.7 Å². The Hall–Kier alpha value is -3.76. The fourth-order valence-electron chi connectivity index (χ4n) is 4.52. The van der Waals surface area contributed by atoms with Crippen LogP contribution in [0.2, 0.25) is 0 Å². The summed E-state index contributed by atoms with van der Waals surface area (Å²) in [6.45, 7) is 4.10. The number of rotatable bonds is 3. The smallest absolute Gasteiger partial charge is 0.340 e. The van der Waals surface area contributed by atoms with Crippen molar-refractivity contribution in [2.24, 2.45) is 0 Å². The van der Waals surface area contributed by atoms with Crippen molar-refractivity contribution in [3.8, 4) is 5.69 Å². The number of amides is 1. The largest absolute Gasteiger partial charge is 0.419 e. The van der Waals surface area contributed by atoms with E-state index in [0.717, 1.165) is 11.6 Å². The molecule has 0 bridgehead atoms. The number of H-pyrrole nitrogens is 1. The van der Waals surface area contributed by atoms with E-state index in [1.165, 1.54) is 17.2 Å². The molecule has 5 rings (SSSR count). The molecule has 1 unspecified atom stereocenters. The molecule has 2 aromatic carbocycles. The number of aromatic amines is 1. The van der Waals surface area contributed by atoms with E-state index >= 15 is 0 Å². The lowest BCUT2D eigenvalue weighted by Crippen LogP contribution is -2.44. The van der Waals surface area contributed by atoms with Gasteiger partial charge in [0.15, 0.2) is 0 Å². The molecule has 176 valence electrons. The zero-order chi connectivity index (χ0) is 24.3. The van der Waals surface area contributed by atoms with Gasteiger partial charge in [-0.2, -0.15) is 28.2 Å². The minimum atomic E-state index is -4.83. The quantitative estimate of drug-likeness (QED) is 0.436. The Morgan fingerprint density at radius 1 is 1.15 bits per heavy atom. The van der Waals surface area contributed by atoms with Crippen LogP contribution in [-0.2, 0) is 11.7 Å². The van der Waals surface area contributed by atoms with Crippen LogP contribution in [0, 0.1) is 12.7 Å². The first kappa shape index (κ1) is 22.1. The molecular formula is C23H20F4N6O. The van der Waals surface area contributed by atoms with Crippen molar-refractivity contribution < 1.29 is 22.4 Å². The molecule has 0 saturated carbocycles. The summed E-state index contributed by atoms with van der Waals surface area (Å²) < 4.78 is 53.6. The number of hydrogen-bond acceptors (Lipinski definition) is 4. The maximum atomic E-state index is 14.1. The van der Waals surface area contributed by atoms with Crippen molar-refractivity contribution >= 4 is 16.9 Å². The van der Waals surface area contributed by atoms with Crippen LogP contribution in [-0.4, -0.2) is 42.3 Å². The Labute approximate surface area is 191 Å². The van der Waals surface area contributed by atoms with Gasteiger partial charge in [0.05, 0.1) is 45.8 Å². The second-order valence-corrected chi connectivity index (χ2v) is 8.61. The molecule has 3 heterocycles. The molecule has 1 N–H and O–H groups in total. The highest BCUT2D eigenvalue weighted by molar-refractivity contribution is 5.98. The average molecular weight is 472 g/mol. The summed E-state index contributed by atoms with van der Waals surface area (Å²) in [5.41, 5.74) is -0.389. The monoisotopic (exact) mass is 472 g/mol. The van der Waals surface area contributed by atoms with Crippen LogP contribution in [0.15, 0.2) is 42.7 Å². The van der Waals surface area contributed by atoms with Crippen molar-refractivity contribution in [1.82, 2.24) is 29.9 Å². The molecule has 1 aliphatic rings. The van der Waals surface area contributed by atoms with Crippen LogP contribution < -0.4 is 0 Å². The first-order chi connectivity index (χ1) is 16.1. The van der Waals surface area contributed by atoms with Gasteiger partial charge in [-0.25, -0.2) is 9.37 Å². The third-order valence-electron chi connectivity index (χ3n) is 6.29. The minimum Gasteiger partial charge on any atom is -0.340 e. The standard InChI is InChI=1S/C23H20F4N6O/c1-13-4-5-19(33-28-7-8-29-33)14(10-13)20(34)32-9-3-6-22(32,2)21-30-17-11-15(23(25,26)27)16(24)12-18(17)31-21/h4-5,7-8,10-12H,3,6,9H2,1-2H3,(H,30,31). The molecule has 1 atom stereocenters. The molecule has 2 aromatic heterocycles.